The summed E-state index contributed by atoms with van der Waals surface area (Å²) in [5.74, 6) is 0. The van der Waals surface area contributed by atoms with E-state index in [2.05, 4.69) is 6.92 Å². The molecule has 0 heterocycles. The maximum absolute atomic E-state index is 8.70. The summed E-state index contributed by atoms with van der Waals surface area (Å²) in [5.41, 5.74) is 0. The lowest BCUT2D eigenvalue weighted by molar-refractivity contribution is -0.158. The third kappa shape index (κ3) is 3.15. The first kappa shape index (κ1) is 9.88. The summed E-state index contributed by atoms with van der Waals surface area (Å²) in [6.45, 7) is 4.05. The Morgan fingerprint density at radius 2 is 1.90 bits per heavy atom. The van der Waals surface area contributed by atoms with Gasteiger partial charge in [0.2, 0.25) is 6.41 Å². The zero-order chi connectivity index (χ0) is 8.15. The monoisotopic (exact) mass is 147 g/mol. The zero-order valence-electron chi connectivity index (χ0n) is 6.91. The highest BCUT2D eigenvalue weighted by Crippen LogP contribution is 2.04. The molecule has 0 aromatic carbocycles. The highest BCUT2D eigenvalue weighted by Gasteiger charge is 2.12. The lowest BCUT2D eigenvalue weighted by Gasteiger charge is -2.25. The second-order valence-corrected chi connectivity index (χ2v) is 2.65. The van der Waals surface area contributed by atoms with Gasteiger partial charge in [-0.1, -0.05) is 13.3 Å². The minimum atomic E-state index is -1.32. The van der Waals surface area contributed by atoms with Gasteiger partial charge in [-0.3, -0.25) is 4.90 Å². The Morgan fingerprint density at radius 3 is 2.20 bits per heavy atom. The van der Waals surface area contributed by atoms with Crippen molar-refractivity contribution in [3.05, 3.63) is 0 Å². The van der Waals surface area contributed by atoms with E-state index in [0.717, 1.165) is 12.8 Å². The first-order valence-corrected chi connectivity index (χ1v) is 3.67. The van der Waals surface area contributed by atoms with E-state index < -0.39 is 6.41 Å². The fourth-order valence-electron chi connectivity index (χ4n) is 0.849. The molecular formula is C7H17NO2. The topological polar surface area (TPSA) is 43.7 Å². The average Bonchev–Trinajstić information content (AvgIpc) is 1.87. The summed E-state index contributed by atoms with van der Waals surface area (Å²) in [5, 5.41) is 17.4. The van der Waals surface area contributed by atoms with Gasteiger partial charge < -0.3 is 10.2 Å². The molecule has 0 aliphatic rings. The predicted octanol–water partition coefficient (Wildman–Crippen LogP) is 0.375. The van der Waals surface area contributed by atoms with Crippen LogP contribution in [0, 0.1) is 0 Å². The second-order valence-electron chi connectivity index (χ2n) is 2.65. The van der Waals surface area contributed by atoms with Crippen molar-refractivity contribution in [3.8, 4) is 0 Å². The molecule has 1 unspecified atom stereocenters. The SMILES string of the molecule is CCCC(C)N(C)C(O)O. The number of hydrogen-bond donors (Lipinski definition) is 2. The Labute approximate surface area is 62.3 Å². The van der Waals surface area contributed by atoms with Gasteiger partial charge in [-0.05, 0) is 20.4 Å². The van der Waals surface area contributed by atoms with Gasteiger partial charge >= 0.3 is 0 Å². The van der Waals surface area contributed by atoms with Gasteiger partial charge in [0.05, 0.1) is 0 Å². The number of aliphatic hydroxyl groups is 2. The van der Waals surface area contributed by atoms with Crippen LogP contribution in [0.5, 0.6) is 0 Å². The molecule has 0 spiro atoms. The summed E-state index contributed by atoms with van der Waals surface area (Å²) >= 11 is 0. The first-order valence-electron chi connectivity index (χ1n) is 3.67. The van der Waals surface area contributed by atoms with Crippen molar-refractivity contribution in [1.82, 2.24) is 4.90 Å². The van der Waals surface area contributed by atoms with Crippen molar-refractivity contribution in [2.45, 2.75) is 39.1 Å². The Hall–Kier alpha value is -0.120. The molecule has 10 heavy (non-hydrogen) atoms. The molecule has 0 aromatic heterocycles. The maximum atomic E-state index is 8.70. The van der Waals surface area contributed by atoms with Crippen LogP contribution in [0.1, 0.15) is 26.7 Å². The third-order valence-electron chi connectivity index (χ3n) is 1.77. The molecule has 0 amide bonds. The van der Waals surface area contributed by atoms with Gasteiger partial charge in [0.1, 0.15) is 0 Å². The molecule has 0 fully saturated rings. The van der Waals surface area contributed by atoms with Gasteiger partial charge in [-0.25, -0.2) is 0 Å². The summed E-state index contributed by atoms with van der Waals surface area (Å²) in [6, 6.07) is 0.241. The molecule has 0 radical (unpaired) electrons. The van der Waals surface area contributed by atoms with Gasteiger partial charge in [-0.15, -0.1) is 0 Å². The summed E-state index contributed by atoms with van der Waals surface area (Å²) < 4.78 is 0. The Morgan fingerprint density at radius 1 is 1.40 bits per heavy atom. The summed E-state index contributed by atoms with van der Waals surface area (Å²) in [6.07, 6.45) is 0.744. The second kappa shape index (κ2) is 4.66. The van der Waals surface area contributed by atoms with E-state index in [1.54, 1.807) is 7.05 Å². The van der Waals surface area contributed by atoms with E-state index in [-0.39, 0.29) is 6.04 Å². The maximum Gasteiger partial charge on any atom is 0.213 e. The Bertz CT molecular complexity index is 85.7. The molecule has 62 valence electrons. The van der Waals surface area contributed by atoms with Crippen molar-refractivity contribution in [2.24, 2.45) is 0 Å². The third-order valence-corrected chi connectivity index (χ3v) is 1.77. The quantitative estimate of drug-likeness (QED) is 0.565. The summed E-state index contributed by atoms with van der Waals surface area (Å²) in [7, 11) is 1.70. The fraction of sp³-hybridized carbons (Fsp3) is 1.00. The zero-order valence-corrected chi connectivity index (χ0v) is 6.91. The molecule has 3 nitrogen and oxygen atoms in total. The minimum absolute atomic E-state index is 0.241. The standard InChI is InChI=1S/C7H17NO2/c1-4-5-6(2)8(3)7(9)10/h6-7,9-10H,4-5H2,1-3H3. The molecule has 0 bridgehead atoms. The van der Waals surface area contributed by atoms with Gasteiger partial charge in [0.15, 0.2) is 0 Å². The Balaban J connectivity index is 3.58. The first-order chi connectivity index (χ1) is 4.59. The molecular weight excluding hydrogens is 130 g/mol. The van der Waals surface area contributed by atoms with Crippen LogP contribution < -0.4 is 0 Å². The van der Waals surface area contributed by atoms with Gasteiger partial charge in [0, 0.05) is 6.04 Å². The van der Waals surface area contributed by atoms with E-state index in [1.807, 2.05) is 6.92 Å². The van der Waals surface area contributed by atoms with Crippen molar-refractivity contribution < 1.29 is 10.2 Å². The van der Waals surface area contributed by atoms with E-state index in [1.165, 1.54) is 4.90 Å². The minimum Gasteiger partial charge on any atom is -0.356 e. The van der Waals surface area contributed by atoms with Crippen molar-refractivity contribution >= 4 is 0 Å². The van der Waals surface area contributed by atoms with Crippen LogP contribution in [0.25, 0.3) is 0 Å². The fourth-order valence-corrected chi connectivity index (χ4v) is 0.849. The highest BCUT2D eigenvalue weighted by atomic mass is 16.5. The summed E-state index contributed by atoms with van der Waals surface area (Å²) in [4.78, 5) is 1.53. The normalized spacial score (nSPS) is 14.7. The highest BCUT2D eigenvalue weighted by molar-refractivity contribution is 4.59. The van der Waals surface area contributed by atoms with Crippen LogP contribution in [0.4, 0.5) is 0 Å². The molecule has 2 N–H and O–H groups in total. The Kier molecular flexibility index (Phi) is 4.60. The largest absolute Gasteiger partial charge is 0.356 e. The molecule has 1 atom stereocenters. The molecule has 0 saturated carbocycles. The molecule has 0 aromatic rings. The number of aliphatic hydroxyl groups excluding tert-OH is 1. The number of rotatable bonds is 4. The molecule has 0 saturated heterocycles. The van der Waals surface area contributed by atoms with Crippen molar-refractivity contribution in [1.29, 1.82) is 0 Å². The van der Waals surface area contributed by atoms with Gasteiger partial charge in [-0.2, -0.15) is 0 Å². The molecule has 0 aliphatic carbocycles. The number of hydrogen-bond acceptors (Lipinski definition) is 3. The lowest BCUT2D eigenvalue weighted by Crippen LogP contribution is -2.38. The molecule has 0 rings (SSSR count). The van der Waals surface area contributed by atoms with Crippen LogP contribution in [-0.2, 0) is 0 Å². The molecule has 0 aliphatic heterocycles. The average molecular weight is 147 g/mol. The predicted molar refractivity (Wildman–Crippen MR) is 40.4 cm³/mol. The van der Waals surface area contributed by atoms with E-state index in [0.29, 0.717) is 0 Å². The van der Waals surface area contributed by atoms with Crippen LogP contribution in [-0.4, -0.2) is 34.6 Å². The van der Waals surface area contributed by atoms with E-state index in [4.69, 9.17) is 10.2 Å². The van der Waals surface area contributed by atoms with E-state index in [9.17, 15) is 0 Å². The smallest absolute Gasteiger partial charge is 0.213 e. The van der Waals surface area contributed by atoms with Crippen molar-refractivity contribution in [3.63, 3.8) is 0 Å². The number of nitrogens with zero attached hydrogens (tertiary/aromatic N) is 1. The van der Waals surface area contributed by atoms with Crippen LogP contribution >= 0.6 is 0 Å². The van der Waals surface area contributed by atoms with Crippen LogP contribution in [0.3, 0.4) is 0 Å². The van der Waals surface area contributed by atoms with Gasteiger partial charge in [0.25, 0.3) is 0 Å². The molecule has 3 heteroatoms. The van der Waals surface area contributed by atoms with E-state index >= 15 is 0 Å². The van der Waals surface area contributed by atoms with Crippen molar-refractivity contribution in [2.75, 3.05) is 7.05 Å². The lowest BCUT2D eigenvalue weighted by atomic mass is 10.2. The van der Waals surface area contributed by atoms with Crippen LogP contribution in [0.2, 0.25) is 0 Å². The van der Waals surface area contributed by atoms with Crippen LogP contribution in [0.15, 0.2) is 0 Å².